The van der Waals surface area contributed by atoms with Gasteiger partial charge in [-0.25, -0.2) is 0 Å². The average molecular weight is 622 g/mol. The summed E-state index contributed by atoms with van der Waals surface area (Å²) in [7, 11) is 0. The van der Waals surface area contributed by atoms with Crippen molar-refractivity contribution in [2.45, 2.75) is 64.6 Å². The SMILES string of the molecule is C=CC(=O)N1CC2(CC(n3nc(N4CCN(CC5COCCO5)C[C@]4(C)CC)c(-c4c(Cl)c(C)cc5[nH]ncc45)c3C)C2)C1. The molecule has 1 unspecified atom stereocenters. The Bertz CT molecular complexity index is 1580. The Hall–Kier alpha value is -2.92. The van der Waals surface area contributed by atoms with E-state index in [0.717, 1.165) is 103 Å². The molecule has 3 saturated heterocycles. The van der Waals surface area contributed by atoms with Crippen molar-refractivity contribution >= 4 is 34.2 Å². The lowest BCUT2D eigenvalue weighted by Crippen LogP contribution is -2.63. The van der Waals surface area contributed by atoms with Crippen LogP contribution < -0.4 is 4.90 Å². The number of piperazine rings is 1. The molecule has 3 aliphatic heterocycles. The zero-order valence-corrected chi connectivity index (χ0v) is 27.1. The Morgan fingerprint density at radius 3 is 2.70 bits per heavy atom. The maximum atomic E-state index is 12.1. The van der Waals surface area contributed by atoms with E-state index in [9.17, 15) is 4.79 Å². The summed E-state index contributed by atoms with van der Waals surface area (Å²) in [6.45, 7) is 19.7. The van der Waals surface area contributed by atoms with Gasteiger partial charge in [0.15, 0.2) is 5.82 Å². The first kappa shape index (κ1) is 29.8. The van der Waals surface area contributed by atoms with Gasteiger partial charge in [0.2, 0.25) is 5.91 Å². The molecule has 5 heterocycles. The van der Waals surface area contributed by atoms with Crippen molar-refractivity contribution in [1.82, 2.24) is 29.8 Å². The molecule has 4 fully saturated rings. The monoisotopic (exact) mass is 621 g/mol. The third-order valence-electron chi connectivity index (χ3n) is 10.7. The van der Waals surface area contributed by atoms with Gasteiger partial charge in [-0.1, -0.05) is 25.1 Å². The molecule has 1 amide bonds. The highest BCUT2D eigenvalue weighted by Crippen LogP contribution is 2.56. The number of aromatic nitrogens is 4. The summed E-state index contributed by atoms with van der Waals surface area (Å²) in [6, 6.07) is 2.35. The zero-order chi connectivity index (χ0) is 30.8. The van der Waals surface area contributed by atoms with Gasteiger partial charge in [0.1, 0.15) is 0 Å². The molecule has 0 bridgehead atoms. The van der Waals surface area contributed by atoms with Gasteiger partial charge < -0.3 is 19.3 Å². The summed E-state index contributed by atoms with van der Waals surface area (Å²) >= 11 is 7.18. The number of hydrogen-bond donors (Lipinski definition) is 1. The molecule has 1 aromatic carbocycles. The van der Waals surface area contributed by atoms with Crippen LogP contribution in [0.3, 0.4) is 0 Å². The molecule has 7 rings (SSSR count). The van der Waals surface area contributed by atoms with Crippen LogP contribution in [0.15, 0.2) is 24.9 Å². The number of nitrogens with zero attached hydrogens (tertiary/aromatic N) is 6. The lowest BCUT2D eigenvalue weighted by Gasteiger charge is -2.58. The van der Waals surface area contributed by atoms with Crippen molar-refractivity contribution in [3.63, 3.8) is 0 Å². The molecule has 0 radical (unpaired) electrons. The number of aromatic amines is 1. The van der Waals surface area contributed by atoms with E-state index in [1.807, 2.05) is 11.1 Å². The molecule has 44 heavy (non-hydrogen) atoms. The molecule has 2 atom stereocenters. The number of carbonyl (C=O) groups excluding carboxylic acids is 1. The predicted molar refractivity (Wildman–Crippen MR) is 172 cm³/mol. The van der Waals surface area contributed by atoms with Crippen molar-refractivity contribution < 1.29 is 14.3 Å². The molecule has 10 nitrogen and oxygen atoms in total. The van der Waals surface area contributed by atoms with Crippen LogP contribution >= 0.6 is 11.6 Å². The lowest BCUT2D eigenvalue weighted by atomic mass is 9.60. The summed E-state index contributed by atoms with van der Waals surface area (Å²) in [4.78, 5) is 19.1. The third-order valence-corrected chi connectivity index (χ3v) is 11.2. The molecule has 1 saturated carbocycles. The topological polar surface area (TPSA) is 91.8 Å². The van der Waals surface area contributed by atoms with Crippen LogP contribution in [0, 0.1) is 19.3 Å². The van der Waals surface area contributed by atoms with Gasteiger partial charge in [-0.05, 0) is 57.7 Å². The van der Waals surface area contributed by atoms with E-state index in [0.29, 0.717) is 19.8 Å². The minimum Gasteiger partial charge on any atom is -0.376 e. The van der Waals surface area contributed by atoms with Crippen molar-refractivity contribution in [3.8, 4) is 11.1 Å². The number of ether oxygens (including phenoxy) is 2. The van der Waals surface area contributed by atoms with E-state index in [-0.39, 0.29) is 29.0 Å². The summed E-state index contributed by atoms with van der Waals surface area (Å²) < 4.78 is 14.0. The number of likely N-dealkylation sites (tertiary alicyclic amines) is 1. The third kappa shape index (κ3) is 4.85. The van der Waals surface area contributed by atoms with Crippen LogP contribution in [0.5, 0.6) is 0 Å². The van der Waals surface area contributed by atoms with Crippen LogP contribution in [-0.4, -0.2) is 106 Å². The molecule has 4 aliphatic rings. The maximum absolute atomic E-state index is 12.1. The number of carbonyl (C=O) groups is 1. The first-order valence-electron chi connectivity index (χ1n) is 16.0. The second-order valence-electron chi connectivity index (χ2n) is 13.7. The molecule has 2 aromatic heterocycles. The highest BCUT2D eigenvalue weighted by molar-refractivity contribution is 6.36. The van der Waals surface area contributed by atoms with E-state index in [2.05, 4.69) is 65.0 Å². The quantitative estimate of drug-likeness (QED) is 0.381. The van der Waals surface area contributed by atoms with Crippen molar-refractivity contribution in [2.75, 3.05) is 64.0 Å². The molecule has 1 spiro atoms. The van der Waals surface area contributed by atoms with Crippen LogP contribution in [0.2, 0.25) is 5.02 Å². The Kier molecular flexibility index (Phi) is 7.55. The largest absolute Gasteiger partial charge is 0.376 e. The minimum atomic E-state index is -0.139. The number of H-pyrrole nitrogens is 1. The molecule has 1 aliphatic carbocycles. The lowest BCUT2D eigenvalue weighted by molar-refractivity contribution is -0.149. The van der Waals surface area contributed by atoms with Crippen molar-refractivity contribution in [1.29, 1.82) is 0 Å². The van der Waals surface area contributed by atoms with E-state index in [1.54, 1.807) is 0 Å². The normalized spacial score (nSPS) is 25.8. The van der Waals surface area contributed by atoms with Crippen LogP contribution in [-0.2, 0) is 14.3 Å². The summed E-state index contributed by atoms with van der Waals surface area (Å²) in [6.07, 6.45) is 6.42. The number of anilines is 1. The van der Waals surface area contributed by atoms with Crippen LogP contribution in [0.1, 0.15) is 50.4 Å². The molecular weight excluding hydrogens is 578 g/mol. The Morgan fingerprint density at radius 1 is 1.20 bits per heavy atom. The molecule has 3 aromatic rings. The molecule has 1 N–H and O–H groups in total. The molecule has 11 heteroatoms. The first-order chi connectivity index (χ1) is 21.1. The Morgan fingerprint density at radius 2 is 2.00 bits per heavy atom. The van der Waals surface area contributed by atoms with Gasteiger partial charge in [-0.2, -0.15) is 10.2 Å². The van der Waals surface area contributed by atoms with Crippen molar-refractivity contribution in [3.05, 3.63) is 41.2 Å². The fraction of sp³-hybridized carbons (Fsp3) is 0.606. The molecule has 236 valence electrons. The number of fused-ring (bicyclic) bond motifs is 1. The number of benzene rings is 1. The van der Waals surface area contributed by atoms with Gasteiger partial charge in [-0.15, -0.1) is 0 Å². The summed E-state index contributed by atoms with van der Waals surface area (Å²) in [5.41, 5.74) is 5.26. The number of amides is 1. The fourth-order valence-corrected chi connectivity index (χ4v) is 8.36. The summed E-state index contributed by atoms with van der Waals surface area (Å²) in [5, 5.41) is 14.8. The van der Waals surface area contributed by atoms with E-state index in [4.69, 9.17) is 26.2 Å². The van der Waals surface area contributed by atoms with Gasteiger partial charge in [0, 0.05) is 66.9 Å². The van der Waals surface area contributed by atoms with E-state index >= 15 is 0 Å². The summed E-state index contributed by atoms with van der Waals surface area (Å²) in [5.74, 6) is 1.02. The number of nitrogens with one attached hydrogen (secondary N) is 1. The number of aryl methyl sites for hydroxylation is 1. The van der Waals surface area contributed by atoms with Crippen LogP contribution in [0.4, 0.5) is 5.82 Å². The predicted octanol–water partition coefficient (Wildman–Crippen LogP) is 4.75. The average Bonchev–Trinajstić information content (AvgIpc) is 3.57. The highest BCUT2D eigenvalue weighted by Gasteiger charge is 2.55. The van der Waals surface area contributed by atoms with E-state index < -0.39 is 0 Å². The van der Waals surface area contributed by atoms with Gasteiger partial charge in [-0.3, -0.25) is 19.5 Å². The first-order valence-corrected chi connectivity index (χ1v) is 16.4. The zero-order valence-electron chi connectivity index (χ0n) is 26.4. The maximum Gasteiger partial charge on any atom is 0.245 e. The fourth-order valence-electron chi connectivity index (χ4n) is 8.11. The second-order valence-corrected chi connectivity index (χ2v) is 14.1. The number of hydrogen-bond acceptors (Lipinski definition) is 7. The highest BCUT2D eigenvalue weighted by atomic mass is 35.5. The van der Waals surface area contributed by atoms with Crippen LogP contribution in [0.25, 0.3) is 22.0 Å². The Balaban J connectivity index is 1.25. The minimum absolute atomic E-state index is 0.0257. The smallest absolute Gasteiger partial charge is 0.245 e. The van der Waals surface area contributed by atoms with Gasteiger partial charge in [0.05, 0.1) is 54.2 Å². The number of rotatable bonds is 7. The number of halogens is 1. The Labute approximate surface area is 264 Å². The van der Waals surface area contributed by atoms with Gasteiger partial charge >= 0.3 is 0 Å². The standard InChI is InChI=1S/C33H44ClN7O3/c1-6-27(42)39-19-33(20-39)13-23(14-33)41-22(4)28(29-25-15-35-36-26(25)12-21(3)30(29)34)31(37-41)40-9-8-38(18-32(40,5)7-2)16-24-17-43-10-11-44-24/h6,12,15,23-24H,1,7-11,13-14,16-20H2,2-5H3,(H,35,36)/t24?,32-/m0/s1. The molecular formula is C33H44ClN7O3. The van der Waals surface area contributed by atoms with Gasteiger partial charge in [0.25, 0.3) is 0 Å². The van der Waals surface area contributed by atoms with Crippen molar-refractivity contribution in [2.24, 2.45) is 5.41 Å². The second kappa shape index (κ2) is 11.2. The van der Waals surface area contributed by atoms with E-state index in [1.165, 1.54) is 6.08 Å².